The summed E-state index contributed by atoms with van der Waals surface area (Å²) in [6, 6.07) is 17.8. The Morgan fingerprint density at radius 2 is 1.94 bits per heavy atom. The molecular formula is C27H21FN4O4. The van der Waals surface area contributed by atoms with Gasteiger partial charge in [0.1, 0.15) is 11.7 Å². The average molecular weight is 484 g/mol. The summed E-state index contributed by atoms with van der Waals surface area (Å²) < 4.78 is 25.1. The van der Waals surface area contributed by atoms with E-state index >= 15 is 0 Å². The predicted octanol–water partition coefficient (Wildman–Crippen LogP) is 4.03. The number of aliphatic imine (C=N–C) groups is 1. The number of rotatable bonds is 4. The topological polar surface area (TPSA) is 106 Å². The highest BCUT2D eigenvalue weighted by molar-refractivity contribution is 6.01. The average Bonchev–Trinajstić information content (AvgIpc) is 3.26. The summed E-state index contributed by atoms with van der Waals surface area (Å²) in [5.74, 6) is 0.127. The molecule has 1 aromatic heterocycles. The standard InChI is InChI=1S/C27H21FN4O4/c28-22-8-5-15(10-24-19-3-1-2-4-20(19)26(33)32-31-24)9-21(22)16-6-7-17-12-25(29-23(17)11-16)30-27(34)36-18-13-35-14-18/h1-9,11,18H,10,12-14H2,(H,32,33)(H,29,30,34). The summed E-state index contributed by atoms with van der Waals surface area (Å²) in [7, 11) is 0. The number of amides is 1. The zero-order valence-electron chi connectivity index (χ0n) is 19.1. The largest absolute Gasteiger partial charge is 0.441 e. The van der Waals surface area contributed by atoms with Crippen molar-refractivity contribution in [3.8, 4) is 11.1 Å². The van der Waals surface area contributed by atoms with Gasteiger partial charge in [-0.3, -0.25) is 10.1 Å². The number of amidine groups is 1. The molecule has 180 valence electrons. The van der Waals surface area contributed by atoms with Gasteiger partial charge in [-0.2, -0.15) is 5.10 Å². The second kappa shape index (κ2) is 9.01. The molecule has 9 heteroatoms. The minimum Gasteiger partial charge on any atom is -0.441 e. The van der Waals surface area contributed by atoms with Gasteiger partial charge in [-0.15, -0.1) is 0 Å². The lowest BCUT2D eigenvalue weighted by Gasteiger charge is -2.25. The van der Waals surface area contributed by atoms with Crippen LogP contribution in [0.25, 0.3) is 21.9 Å². The summed E-state index contributed by atoms with van der Waals surface area (Å²) in [5.41, 5.74) is 4.03. The molecule has 3 heterocycles. The summed E-state index contributed by atoms with van der Waals surface area (Å²) >= 11 is 0. The Kier molecular flexibility index (Phi) is 5.54. The lowest BCUT2D eigenvalue weighted by molar-refractivity contribution is -0.0971. The fraction of sp³-hybridized carbons (Fsp3) is 0.185. The molecule has 2 N–H and O–H groups in total. The van der Waals surface area contributed by atoms with E-state index in [-0.39, 0.29) is 17.5 Å². The molecule has 1 fully saturated rings. The first-order chi connectivity index (χ1) is 17.5. The van der Waals surface area contributed by atoms with Crippen LogP contribution < -0.4 is 10.9 Å². The number of halogens is 1. The van der Waals surface area contributed by atoms with E-state index in [1.807, 2.05) is 30.3 Å². The number of hydrogen-bond donors (Lipinski definition) is 2. The fourth-order valence-corrected chi connectivity index (χ4v) is 4.41. The maximum absolute atomic E-state index is 14.9. The number of benzene rings is 3. The zero-order chi connectivity index (χ0) is 24.6. The third-order valence-corrected chi connectivity index (χ3v) is 6.31. The van der Waals surface area contributed by atoms with E-state index in [1.54, 1.807) is 24.3 Å². The molecule has 2 aliphatic heterocycles. The van der Waals surface area contributed by atoms with Crippen LogP contribution in [0.3, 0.4) is 0 Å². The van der Waals surface area contributed by atoms with Crippen LogP contribution in [0.1, 0.15) is 16.8 Å². The first-order valence-electron chi connectivity index (χ1n) is 11.5. The van der Waals surface area contributed by atoms with Gasteiger partial charge in [0.2, 0.25) is 0 Å². The molecule has 4 aromatic rings. The van der Waals surface area contributed by atoms with Gasteiger partial charge in [0, 0.05) is 23.8 Å². The predicted molar refractivity (Wildman–Crippen MR) is 132 cm³/mol. The smallest absolute Gasteiger partial charge is 0.413 e. The summed E-state index contributed by atoms with van der Waals surface area (Å²) in [6.07, 6.45) is 0.104. The molecule has 8 nitrogen and oxygen atoms in total. The van der Waals surface area contributed by atoms with Gasteiger partial charge in [-0.1, -0.05) is 36.4 Å². The van der Waals surface area contributed by atoms with Crippen molar-refractivity contribution in [1.82, 2.24) is 15.5 Å². The number of nitrogens with one attached hydrogen (secondary N) is 2. The second-order valence-electron chi connectivity index (χ2n) is 8.80. The molecule has 0 aliphatic carbocycles. The highest BCUT2D eigenvalue weighted by Crippen LogP contribution is 2.33. The lowest BCUT2D eigenvalue weighted by Crippen LogP contribution is -2.42. The summed E-state index contributed by atoms with van der Waals surface area (Å²) in [4.78, 5) is 28.6. The van der Waals surface area contributed by atoms with Crippen LogP contribution in [-0.2, 0) is 22.3 Å². The van der Waals surface area contributed by atoms with Gasteiger partial charge in [0.25, 0.3) is 5.56 Å². The minimum atomic E-state index is -0.558. The minimum absolute atomic E-state index is 0.222. The van der Waals surface area contributed by atoms with Crippen molar-refractivity contribution < 1.29 is 18.7 Å². The number of alkyl carbamates (subject to hydrolysis) is 1. The van der Waals surface area contributed by atoms with E-state index in [0.29, 0.717) is 59.8 Å². The number of ether oxygens (including phenoxy) is 2. The van der Waals surface area contributed by atoms with Crippen LogP contribution in [0, 0.1) is 5.82 Å². The number of hydrogen-bond acceptors (Lipinski definition) is 6. The van der Waals surface area contributed by atoms with Gasteiger partial charge in [-0.25, -0.2) is 19.3 Å². The van der Waals surface area contributed by atoms with Crippen molar-refractivity contribution in [3.05, 3.63) is 93.7 Å². The van der Waals surface area contributed by atoms with E-state index in [1.165, 1.54) is 6.07 Å². The molecule has 0 spiro atoms. The van der Waals surface area contributed by atoms with Gasteiger partial charge < -0.3 is 9.47 Å². The zero-order valence-corrected chi connectivity index (χ0v) is 19.1. The van der Waals surface area contributed by atoms with Gasteiger partial charge in [0.05, 0.1) is 30.0 Å². The molecule has 1 saturated heterocycles. The lowest BCUT2D eigenvalue weighted by atomic mass is 9.97. The van der Waals surface area contributed by atoms with Crippen molar-refractivity contribution in [3.63, 3.8) is 0 Å². The van der Waals surface area contributed by atoms with Crippen LogP contribution in [0.2, 0.25) is 0 Å². The number of aromatic amines is 1. The van der Waals surface area contributed by atoms with Gasteiger partial charge in [0.15, 0.2) is 6.10 Å². The van der Waals surface area contributed by atoms with E-state index in [4.69, 9.17) is 9.47 Å². The highest BCUT2D eigenvalue weighted by Gasteiger charge is 2.24. The molecule has 36 heavy (non-hydrogen) atoms. The van der Waals surface area contributed by atoms with Crippen LogP contribution in [0.15, 0.2) is 70.5 Å². The third kappa shape index (κ3) is 4.25. The SMILES string of the molecule is O=C(NC1=Nc2cc(-c3cc(Cc4n[nH]c(=O)c5ccccc45)ccc3F)ccc2C1)OC1COC1. The number of carbonyl (C=O) groups is 1. The molecule has 3 aromatic carbocycles. The normalized spacial score (nSPS) is 14.8. The van der Waals surface area contributed by atoms with Crippen LogP contribution >= 0.6 is 0 Å². The molecule has 6 rings (SSSR count). The Hall–Kier alpha value is -4.37. The van der Waals surface area contributed by atoms with Crippen molar-refractivity contribution >= 4 is 28.4 Å². The van der Waals surface area contributed by atoms with Crippen LogP contribution in [0.4, 0.5) is 14.9 Å². The molecule has 0 radical (unpaired) electrons. The Labute approximate surface area is 204 Å². The van der Waals surface area contributed by atoms with Gasteiger partial charge >= 0.3 is 6.09 Å². The number of H-pyrrole nitrogens is 1. The third-order valence-electron chi connectivity index (χ3n) is 6.31. The Morgan fingerprint density at radius 3 is 2.75 bits per heavy atom. The van der Waals surface area contributed by atoms with Crippen LogP contribution in [-0.4, -0.2) is 41.4 Å². The first-order valence-corrected chi connectivity index (χ1v) is 11.5. The van der Waals surface area contributed by atoms with E-state index in [2.05, 4.69) is 20.5 Å². The van der Waals surface area contributed by atoms with Crippen molar-refractivity contribution in [2.75, 3.05) is 13.2 Å². The highest BCUT2D eigenvalue weighted by atomic mass is 19.1. The van der Waals surface area contributed by atoms with E-state index in [9.17, 15) is 14.0 Å². The van der Waals surface area contributed by atoms with E-state index in [0.717, 1.165) is 16.5 Å². The molecule has 0 unspecified atom stereocenters. The van der Waals surface area contributed by atoms with Crippen molar-refractivity contribution in [1.29, 1.82) is 0 Å². The van der Waals surface area contributed by atoms with Crippen molar-refractivity contribution in [2.45, 2.75) is 18.9 Å². The molecule has 0 atom stereocenters. The molecule has 1 amide bonds. The molecular weight excluding hydrogens is 463 g/mol. The molecule has 2 aliphatic rings. The first kappa shape index (κ1) is 22.1. The summed E-state index contributed by atoms with van der Waals surface area (Å²) in [5, 5.41) is 10.8. The maximum Gasteiger partial charge on any atom is 0.413 e. The maximum atomic E-state index is 14.9. The number of nitrogens with zero attached hydrogens (tertiary/aromatic N) is 2. The number of carbonyl (C=O) groups excluding carboxylic acids is 1. The van der Waals surface area contributed by atoms with Crippen molar-refractivity contribution in [2.24, 2.45) is 4.99 Å². The summed E-state index contributed by atoms with van der Waals surface area (Å²) in [6.45, 7) is 0.811. The van der Waals surface area contributed by atoms with E-state index < -0.39 is 6.09 Å². The fourth-order valence-electron chi connectivity index (χ4n) is 4.41. The second-order valence-corrected chi connectivity index (χ2v) is 8.80. The molecule has 0 bridgehead atoms. The number of fused-ring (bicyclic) bond motifs is 2. The Bertz CT molecular complexity index is 1590. The Morgan fingerprint density at radius 1 is 1.11 bits per heavy atom. The molecule has 0 saturated carbocycles. The van der Waals surface area contributed by atoms with Crippen LogP contribution in [0.5, 0.6) is 0 Å². The quantitative estimate of drug-likeness (QED) is 0.455. The Balaban J connectivity index is 1.25. The van der Waals surface area contributed by atoms with Gasteiger partial charge in [-0.05, 0) is 41.0 Å². The monoisotopic (exact) mass is 484 g/mol. The number of aromatic nitrogens is 2.